The van der Waals surface area contributed by atoms with Crippen LogP contribution < -0.4 is 10.6 Å². The minimum absolute atomic E-state index is 0.131. The van der Waals surface area contributed by atoms with Gasteiger partial charge in [0.25, 0.3) is 5.91 Å². The second-order valence-corrected chi connectivity index (χ2v) is 6.46. The van der Waals surface area contributed by atoms with Gasteiger partial charge in [-0.2, -0.15) is 0 Å². The first kappa shape index (κ1) is 17.5. The van der Waals surface area contributed by atoms with Crippen molar-refractivity contribution in [3.8, 4) is 0 Å². The van der Waals surface area contributed by atoms with E-state index in [-0.39, 0.29) is 5.91 Å². The van der Waals surface area contributed by atoms with Crippen LogP contribution in [0.2, 0.25) is 0 Å². The third-order valence-electron chi connectivity index (χ3n) is 2.39. The average molecular weight is 357 g/mol. The van der Waals surface area contributed by atoms with Crippen molar-refractivity contribution >= 4 is 27.9 Å². The zero-order valence-corrected chi connectivity index (χ0v) is 14.1. The average Bonchev–Trinajstić information content (AvgIpc) is 2.36. The van der Waals surface area contributed by atoms with Crippen molar-refractivity contribution in [2.45, 2.75) is 32.8 Å². The highest BCUT2D eigenvalue weighted by atomic mass is 79.9. The van der Waals surface area contributed by atoms with Gasteiger partial charge in [0.2, 0.25) is 0 Å². The first-order valence-electron chi connectivity index (χ1n) is 6.78. The van der Waals surface area contributed by atoms with Gasteiger partial charge in [0.05, 0.1) is 0 Å². The Kier molecular flexibility index (Phi) is 6.68. The number of hydrogen-bond donors (Lipinski definition) is 2. The lowest BCUT2D eigenvalue weighted by Crippen LogP contribution is -2.34. The van der Waals surface area contributed by atoms with Gasteiger partial charge in [0, 0.05) is 23.1 Å². The third-order valence-corrected chi connectivity index (χ3v) is 2.89. The lowest BCUT2D eigenvalue weighted by atomic mass is 10.2. The van der Waals surface area contributed by atoms with Crippen LogP contribution in [0.5, 0.6) is 0 Å². The van der Waals surface area contributed by atoms with E-state index in [9.17, 15) is 9.59 Å². The number of rotatable bonds is 5. The fourth-order valence-corrected chi connectivity index (χ4v) is 1.93. The molecule has 21 heavy (non-hydrogen) atoms. The number of amides is 2. The van der Waals surface area contributed by atoms with Crippen molar-refractivity contribution in [1.82, 2.24) is 10.6 Å². The van der Waals surface area contributed by atoms with Gasteiger partial charge in [-0.3, -0.25) is 4.79 Å². The third kappa shape index (κ3) is 7.70. The van der Waals surface area contributed by atoms with Gasteiger partial charge in [-0.1, -0.05) is 22.0 Å². The van der Waals surface area contributed by atoms with Crippen molar-refractivity contribution in [3.05, 3.63) is 34.3 Å². The molecule has 0 aromatic heterocycles. The van der Waals surface area contributed by atoms with E-state index in [0.717, 1.165) is 4.47 Å². The summed E-state index contributed by atoms with van der Waals surface area (Å²) in [5, 5.41) is 5.44. The van der Waals surface area contributed by atoms with Crippen LogP contribution in [0.15, 0.2) is 28.7 Å². The SMILES string of the molecule is CC(C)(C)OC(=O)NCCCNC(=O)c1cccc(Br)c1. The van der Waals surface area contributed by atoms with E-state index >= 15 is 0 Å². The Morgan fingerprint density at radius 2 is 1.86 bits per heavy atom. The standard InChI is InChI=1S/C15H21BrN2O3/c1-15(2,3)21-14(20)18-9-5-8-17-13(19)11-6-4-7-12(16)10-11/h4,6-7,10H,5,8-9H2,1-3H3,(H,17,19)(H,18,20). The predicted octanol–water partition coefficient (Wildman–Crippen LogP) is 3.09. The van der Waals surface area contributed by atoms with Crippen LogP contribution >= 0.6 is 15.9 Å². The molecule has 1 rings (SSSR count). The summed E-state index contributed by atoms with van der Waals surface area (Å²) in [5.41, 5.74) is 0.100. The van der Waals surface area contributed by atoms with Crippen molar-refractivity contribution < 1.29 is 14.3 Å². The summed E-state index contributed by atoms with van der Waals surface area (Å²) < 4.78 is 5.97. The van der Waals surface area contributed by atoms with E-state index < -0.39 is 11.7 Å². The Labute approximate surface area is 133 Å². The molecule has 0 fully saturated rings. The lowest BCUT2D eigenvalue weighted by molar-refractivity contribution is 0.0527. The van der Waals surface area contributed by atoms with Crippen LogP contribution in [0, 0.1) is 0 Å². The molecule has 0 spiro atoms. The second kappa shape index (κ2) is 8.02. The molecule has 116 valence electrons. The molecule has 0 aliphatic heterocycles. The highest BCUT2D eigenvalue weighted by Crippen LogP contribution is 2.11. The predicted molar refractivity (Wildman–Crippen MR) is 85.3 cm³/mol. The molecule has 0 heterocycles. The summed E-state index contributed by atoms with van der Waals surface area (Å²) in [6.45, 7) is 6.37. The second-order valence-electron chi connectivity index (χ2n) is 5.55. The van der Waals surface area contributed by atoms with Crippen LogP contribution in [-0.2, 0) is 4.74 Å². The lowest BCUT2D eigenvalue weighted by Gasteiger charge is -2.19. The van der Waals surface area contributed by atoms with Crippen LogP contribution in [-0.4, -0.2) is 30.7 Å². The number of nitrogens with one attached hydrogen (secondary N) is 2. The number of hydrogen-bond acceptors (Lipinski definition) is 3. The van der Waals surface area contributed by atoms with Gasteiger partial charge in [-0.05, 0) is 45.4 Å². The van der Waals surface area contributed by atoms with E-state index in [2.05, 4.69) is 26.6 Å². The summed E-state index contributed by atoms with van der Waals surface area (Å²) in [7, 11) is 0. The molecule has 1 aromatic rings. The Hall–Kier alpha value is -1.56. The molecular weight excluding hydrogens is 336 g/mol. The van der Waals surface area contributed by atoms with Gasteiger partial charge in [0.15, 0.2) is 0 Å². The number of benzene rings is 1. The van der Waals surface area contributed by atoms with Crippen molar-refractivity contribution in [3.63, 3.8) is 0 Å². The Balaban J connectivity index is 2.20. The van der Waals surface area contributed by atoms with Crippen LogP contribution in [0.4, 0.5) is 4.79 Å². The maximum Gasteiger partial charge on any atom is 0.407 e. The molecule has 0 unspecified atom stereocenters. The largest absolute Gasteiger partial charge is 0.444 e. The first-order valence-corrected chi connectivity index (χ1v) is 7.58. The monoisotopic (exact) mass is 356 g/mol. The summed E-state index contributed by atoms with van der Waals surface area (Å²) in [6.07, 6.45) is 0.194. The maximum absolute atomic E-state index is 11.8. The molecule has 6 heteroatoms. The Bertz CT molecular complexity index is 498. The number of carbonyl (C=O) groups excluding carboxylic acids is 2. The Morgan fingerprint density at radius 1 is 1.19 bits per heavy atom. The van der Waals surface area contributed by atoms with Crippen LogP contribution in [0.3, 0.4) is 0 Å². The molecule has 0 aliphatic rings. The van der Waals surface area contributed by atoms with Crippen molar-refractivity contribution in [2.75, 3.05) is 13.1 Å². The van der Waals surface area contributed by atoms with Gasteiger partial charge in [0.1, 0.15) is 5.60 Å². The molecule has 0 saturated carbocycles. The maximum atomic E-state index is 11.8. The quantitative estimate of drug-likeness (QED) is 0.796. The minimum atomic E-state index is -0.501. The smallest absolute Gasteiger partial charge is 0.407 e. The topological polar surface area (TPSA) is 67.4 Å². The molecule has 0 radical (unpaired) electrons. The fourth-order valence-electron chi connectivity index (χ4n) is 1.53. The number of carbonyl (C=O) groups is 2. The number of halogens is 1. The number of alkyl carbamates (subject to hydrolysis) is 1. The highest BCUT2D eigenvalue weighted by molar-refractivity contribution is 9.10. The van der Waals surface area contributed by atoms with Crippen molar-refractivity contribution in [2.24, 2.45) is 0 Å². The molecule has 0 saturated heterocycles. The molecule has 1 aromatic carbocycles. The van der Waals surface area contributed by atoms with E-state index in [1.54, 1.807) is 12.1 Å². The molecule has 0 atom stereocenters. The summed E-state index contributed by atoms with van der Waals surface area (Å²) in [4.78, 5) is 23.2. The van der Waals surface area contributed by atoms with Crippen LogP contribution in [0.1, 0.15) is 37.6 Å². The van der Waals surface area contributed by atoms with Crippen molar-refractivity contribution in [1.29, 1.82) is 0 Å². The van der Waals surface area contributed by atoms with E-state index in [4.69, 9.17) is 4.74 Å². The number of ether oxygens (including phenoxy) is 1. The molecule has 0 bridgehead atoms. The minimum Gasteiger partial charge on any atom is -0.444 e. The molecule has 5 nitrogen and oxygen atoms in total. The van der Waals surface area contributed by atoms with Gasteiger partial charge >= 0.3 is 6.09 Å². The van der Waals surface area contributed by atoms with Crippen LogP contribution in [0.25, 0.3) is 0 Å². The fraction of sp³-hybridized carbons (Fsp3) is 0.467. The summed E-state index contributed by atoms with van der Waals surface area (Å²) in [6, 6.07) is 7.18. The van der Waals surface area contributed by atoms with E-state index in [1.165, 1.54) is 0 Å². The summed E-state index contributed by atoms with van der Waals surface area (Å²) >= 11 is 3.32. The molecular formula is C15H21BrN2O3. The van der Waals surface area contributed by atoms with Gasteiger partial charge in [-0.25, -0.2) is 4.79 Å². The van der Waals surface area contributed by atoms with Gasteiger partial charge < -0.3 is 15.4 Å². The normalized spacial score (nSPS) is 10.9. The first-order chi connectivity index (χ1) is 9.78. The van der Waals surface area contributed by atoms with E-state index in [1.807, 2.05) is 32.9 Å². The zero-order valence-electron chi connectivity index (χ0n) is 12.5. The highest BCUT2D eigenvalue weighted by Gasteiger charge is 2.15. The van der Waals surface area contributed by atoms with Gasteiger partial charge in [-0.15, -0.1) is 0 Å². The van der Waals surface area contributed by atoms with E-state index in [0.29, 0.717) is 25.1 Å². The summed E-state index contributed by atoms with van der Waals surface area (Å²) in [5.74, 6) is -0.131. The molecule has 2 amide bonds. The Morgan fingerprint density at radius 3 is 2.48 bits per heavy atom. The zero-order chi connectivity index (χ0) is 15.9. The molecule has 0 aliphatic carbocycles. The molecule has 2 N–H and O–H groups in total.